The number of carbonyl (C=O) groups is 1. The summed E-state index contributed by atoms with van der Waals surface area (Å²) in [5.41, 5.74) is -0.378. The quantitative estimate of drug-likeness (QED) is 0.484. The van der Waals surface area contributed by atoms with Gasteiger partial charge in [0, 0.05) is 6.08 Å². The fraction of sp³-hybridized carbons (Fsp3) is 0.727. The smallest absolute Gasteiger partial charge is 0.330 e. The zero-order valence-corrected chi connectivity index (χ0v) is 8.83. The third kappa shape index (κ3) is 4.11. The summed E-state index contributed by atoms with van der Waals surface area (Å²) in [5.74, 6) is 1.12. The number of carbonyl (C=O) groups excluding carboxylic acids is 1. The van der Waals surface area contributed by atoms with Crippen LogP contribution in [0.1, 0.15) is 34.1 Å². The molecule has 1 saturated carbocycles. The first-order valence-corrected chi connectivity index (χ1v) is 4.79. The summed E-state index contributed by atoms with van der Waals surface area (Å²) >= 11 is 0. The topological polar surface area (TPSA) is 26.3 Å². The maximum absolute atomic E-state index is 11.2. The third-order valence-electron chi connectivity index (χ3n) is 2.06. The second kappa shape index (κ2) is 3.52. The molecule has 0 unspecified atom stereocenters. The average Bonchev–Trinajstić information content (AvgIpc) is 2.58. The lowest BCUT2D eigenvalue weighted by atomic mass is 10.2. The van der Waals surface area contributed by atoms with Gasteiger partial charge in [-0.3, -0.25) is 0 Å². The van der Waals surface area contributed by atoms with Gasteiger partial charge < -0.3 is 4.74 Å². The van der Waals surface area contributed by atoms with E-state index in [4.69, 9.17) is 4.74 Å². The molecule has 0 aromatic rings. The van der Waals surface area contributed by atoms with Gasteiger partial charge in [0.25, 0.3) is 0 Å². The van der Waals surface area contributed by atoms with Crippen molar-refractivity contribution < 1.29 is 9.53 Å². The first-order valence-electron chi connectivity index (χ1n) is 4.79. The summed E-state index contributed by atoms with van der Waals surface area (Å²) in [6, 6.07) is 0. The highest BCUT2D eigenvalue weighted by Gasteiger charge is 2.29. The molecule has 2 atom stereocenters. The number of esters is 1. The molecule has 0 spiro atoms. The van der Waals surface area contributed by atoms with Gasteiger partial charge in [-0.15, -0.1) is 0 Å². The molecule has 0 saturated heterocycles. The van der Waals surface area contributed by atoms with Crippen molar-refractivity contribution in [3.8, 4) is 0 Å². The molecule has 0 aliphatic heterocycles. The molecule has 1 fully saturated rings. The molecule has 0 amide bonds. The Labute approximate surface area is 80.0 Å². The predicted octanol–water partition coefficient (Wildman–Crippen LogP) is 2.54. The van der Waals surface area contributed by atoms with Gasteiger partial charge in [-0.1, -0.05) is 13.0 Å². The fourth-order valence-electron chi connectivity index (χ4n) is 1.16. The van der Waals surface area contributed by atoms with Gasteiger partial charge in [0.05, 0.1) is 0 Å². The highest BCUT2D eigenvalue weighted by atomic mass is 16.6. The minimum Gasteiger partial charge on any atom is -0.457 e. The second-order valence-corrected chi connectivity index (χ2v) is 4.77. The first-order chi connectivity index (χ1) is 5.88. The highest BCUT2D eigenvalue weighted by molar-refractivity contribution is 5.82. The molecular weight excluding hydrogens is 164 g/mol. The molecule has 1 rings (SSSR count). The van der Waals surface area contributed by atoms with E-state index in [0.717, 1.165) is 5.92 Å². The molecule has 0 aromatic carbocycles. The molecule has 0 radical (unpaired) electrons. The Hall–Kier alpha value is -0.790. The number of rotatable bonds is 2. The maximum Gasteiger partial charge on any atom is 0.330 e. The largest absolute Gasteiger partial charge is 0.457 e. The lowest BCUT2D eigenvalue weighted by molar-refractivity contribution is -0.148. The van der Waals surface area contributed by atoms with E-state index in [9.17, 15) is 4.79 Å². The van der Waals surface area contributed by atoms with E-state index in [1.807, 2.05) is 26.8 Å². The van der Waals surface area contributed by atoms with Crippen LogP contribution in [-0.4, -0.2) is 11.6 Å². The number of ether oxygens (including phenoxy) is 1. The Morgan fingerprint density at radius 3 is 2.38 bits per heavy atom. The molecule has 0 bridgehead atoms. The second-order valence-electron chi connectivity index (χ2n) is 4.77. The van der Waals surface area contributed by atoms with Gasteiger partial charge in [0.15, 0.2) is 0 Å². The van der Waals surface area contributed by atoms with Crippen LogP contribution in [0.25, 0.3) is 0 Å². The van der Waals surface area contributed by atoms with Gasteiger partial charge in [-0.25, -0.2) is 4.79 Å². The SMILES string of the molecule is C[C@H]1C[C@@H]1/C=C/C(=O)OC(C)(C)C. The van der Waals surface area contributed by atoms with E-state index in [-0.39, 0.29) is 11.6 Å². The number of hydrogen-bond donors (Lipinski definition) is 0. The molecule has 74 valence electrons. The van der Waals surface area contributed by atoms with Crippen LogP contribution in [-0.2, 0) is 9.53 Å². The van der Waals surface area contributed by atoms with E-state index >= 15 is 0 Å². The van der Waals surface area contributed by atoms with Crippen LogP contribution < -0.4 is 0 Å². The van der Waals surface area contributed by atoms with Crippen LogP contribution in [0.3, 0.4) is 0 Å². The van der Waals surface area contributed by atoms with Crippen LogP contribution in [0.2, 0.25) is 0 Å². The van der Waals surface area contributed by atoms with Crippen LogP contribution in [0.15, 0.2) is 12.2 Å². The van der Waals surface area contributed by atoms with Crippen molar-refractivity contribution >= 4 is 5.97 Å². The minimum atomic E-state index is -0.378. The Morgan fingerprint density at radius 1 is 1.46 bits per heavy atom. The Balaban J connectivity index is 2.29. The van der Waals surface area contributed by atoms with Crippen molar-refractivity contribution in [3.63, 3.8) is 0 Å². The van der Waals surface area contributed by atoms with Crippen molar-refractivity contribution in [2.45, 2.75) is 39.7 Å². The van der Waals surface area contributed by atoms with Crippen LogP contribution in [0.4, 0.5) is 0 Å². The lowest BCUT2D eigenvalue weighted by Gasteiger charge is -2.17. The van der Waals surface area contributed by atoms with E-state index in [1.54, 1.807) is 6.08 Å². The van der Waals surface area contributed by atoms with Crippen LogP contribution in [0, 0.1) is 11.8 Å². The van der Waals surface area contributed by atoms with E-state index in [0.29, 0.717) is 5.92 Å². The minimum absolute atomic E-state index is 0.230. The Morgan fingerprint density at radius 2 is 2.00 bits per heavy atom. The number of hydrogen-bond acceptors (Lipinski definition) is 2. The van der Waals surface area contributed by atoms with Crippen molar-refractivity contribution in [2.24, 2.45) is 11.8 Å². The first kappa shape index (κ1) is 10.3. The van der Waals surface area contributed by atoms with Crippen LogP contribution >= 0.6 is 0 Å². The Bertz CT molecular complexity index is 223. The lowest BCUT2D eigenvalue weighted by Crippen LogP contribution is -2.22. The van der Waals surface area contributed by atoms with E-state index < -0.39 is 0 Å². The van der Waals surface area contributed by atoms with E-state index in [1.165, 1.54) is 6.42 Å². The van der Waals surface area contributed by atoms with Crippen molar-refractivity contribution in [2.75, 3.05) is 0 Å². The van der Waals surface area contributed by atoms with Gasteiger partial charge >= 0.3 is 5.97 Å². The molecule has 1 aliphatic carbocycles. The van der Waals surface area contributed by atoms with Crippen molar-refractivity contribution in [1.29, 1.82) is 0 Å². The summed E-state index contributed by atoms with van der Waals surface area (Å²) in [6.45, 7) is 7.81. The normalized spacial score (nSPS) is 27.7. The molecule has 13 heavy (non-hydrogen) atoms. The van der Waals surface area contributed by atoms with Gasteiger partial charge in [0.1, 0.15) is 5.60 Å². The summed E-state index contributed by atoms with van der Waals surface area (Å²) in [7, 11) is 0. The maximum atomic E-state index is 11.2. The third-order valence-corrected chi connectivity index (χ3v) is 2.06. The molecule has 0 aromatic heterocycles. The highest BCUT2D eigenvalue weighted by Crippen LogP contribution is 2.38. The van der Waals surface area contributed by atoms with Crippen LogP contribution in [0.5, 0.6) is 0 Å². The van der Waals surface area contributed by atoms with Crippen molar-refractivity contribution in [3.05, 3.63) is 12.2 Å². The number of allylic oxidation sites excluding steroid dienone is 1. The molecule has 1 aliphatic rings. The fourth-order valence-corrected chi connectivity index (χ4v) is 1.16. The molecule has 0 heterocycles. The average molecular weight is 182 g/mol. The summed E-state index contributed by atoms with van der Waals surface area (Å²) in [4.78, 5) is 11.2. The monoisotopic (exact) mass is 182 g/mol. The Kier molecular flexibility index (Phi) is 2.79. The van der Waals surface area contributed by atoms with Gasteiger partial charge in [-0.2, -0.15) is 0 Å². The molecular formula is C11H18O2. The zero-order valence-electron chi connectivity index (χ0n) is 8.83. The zero-order chi connectivity index (χ0) is 10.1. The molecule has 2 nitrogen and oxygen atoms in total. The predicted molar refractivity (Wildman–Crippen MR) is 52.3 cm³/mol. The molecule has 0 N–H and O–H groups in total. The molecule has 2 heteroatoms. The summed E-state index contributed by atoms with van der Waals surface area (Å²) in [6.07, 6.45) is 4.72. The summed E-state index contributed by atoms with van der Waals surface area (Å²) < 4.78 is 5.13. The van der Waals surface area contributed by atoms with E-state index in [2.05, 4.69) is 6.92 Å². The van der Waals surface area contributed by atoms with Gasteiger partial charge in [-0.05, 0) is 39.0 Å². The van der Waals surface area contributed by atoms with Crippen molar-refractivity contribution in [1.82, 2.24) is 0 Å². The summed E-state index contributed by atoms with van der Waals surface area (Å²) in [5, 5.41) is 0. The standard InChI is InChI=1S/C11H18O2/c1-8-7-9(8)5-6-10(12)13-11(2,3)4/h5-6,8-9H,7H2,1-4H3/b6-5+/t8-,9-/m0/s1. The van der Waals surface area contributed by atoms with Gasteiger partial charge in [0.2, 0.25) is 0 Å².